The molecule has 6 heteroatoms. The fourth-order valence-electron chi connectivity index (χ4n) is 4.02. The lowest BCUT2D eigenvalue weighted by Crippen LogP contribution is -2.25. The van der Waals surface area contributed by atoms with E-state index in [1.54, 1.807) is 0 Å². The van der Waals surface area contributed by atoms with Gasteiger partial charge in [0.2, 0.25) is 0 Å². The van der Waals surface area contributed by atoms with Gasteiger partial charge in [0.1, 0.15) is 61.6 Å². The number of hydrogen-bond acceptors (Lipinski definition) is 6. The van der Waals surface area contributed by atoms with E-state index in [0.717, 1.165) is 11.1 Å². The minimum Gasteiger partial charge on any atom is -0.491 e. The Morgan fingerprint density at radius 3 is 1.21 bits per heavy atom. The summed E-state index contributed by atoms with van der Waals surface area (Å²) in [5.41, 5.74) is 1.77. The van der Waals surface area contributed by atoms with Crippen molar-refractivity contribution in [2.75, 3.05) is 26.4 Å². The first-order valence-corrected chi connectivity index (χ1v) is 13.1. The number of ether oxygens (including phenoxy) is 4. The maximum absolute atomic E-state index is 10.3. The summed E-state index contributed by atoms with van der Waals surface area (Å²) >= 11 is 0. The van der Waals surface area contributed by atoms with Crippen LogP contribution in [0.2, 0.25) is 0 Å². The van der Waals surface area contributed by atoms with Crippen molar-refractivity contribution >= 4 is 0 Å². The quantitative estimate of drug-likeness (QED) is 0.220. The highest BCUT2D eigenvalue weighted by Crippen LogP contribution is 2.35. The normalized spacial score (nSPS) is 12.8. The van der Waals surface area contributed by atoms with Crippen LogP contribution in [0.15, 0.2) is 109 Å². The molecule has 4 aromatic carbocycles. The van der Waals surface area contributed by atoms with Crippen LogP contribution in [0.4, 0.5) is 0 Å². The van der Waals surface area contributed by atoms with Crippen molar-refractivity contribution in [1.29, 1.82) is 0 Å². The Bertz CT molecular complexity index is 1180. The largest absolute Gasteiger partial charge is 0.491 e. The molecule has 0 radical (unpaired) electrons. The first-order chi connectivity index (χ1) is 18.9. The van der Waals surface area contributed by atoms with Crippen molar-refractivity contribution in [3.63, 3.8) is 0 Å². The molecule has 4 aromatic rings. The molecule has 0 aliphatic rings. The summed E-state index contributed by atoms with van der Waals surface area (Å²) in [4.78, 5) is 0. The molecule has 0 bridgehead atoms. The number of para-hydroxylation sites is 2. The van der Waals surface area contributed by atoms with Crippen LogP contribution >= 0.6 is 0 Å². The molecule has 4 rings (SSSR count). The first kappa shape index (κ1) is 28.0. The van der Waals surface area contributed by atoms with E-state index >= 15 is 0 Å². The summed E-state index contributed by atoms with van der Waals surface area (Å²) in [7, 11) is 0. The van der Waals surface area contributed by atoms with Crippen molar-refractivity contribution in [2.24, 2.45) is 0 Å². The lowest BCUT2D eigenvalue weighted by atomic mass is 9.78. The third-order valence-corrected chi connectivity index (χ3v) is 6.37. The molecule has 2 N–H and O–H groups in total. The van der Waals surface area contributed by atoms with Crippen molar-refractivity contribution in [2.45, 2.75) is 31.5 Å². The Balaban J connectivity index is 1.31. The predicted octanol–water partition coefficient (Wildman–Crippen LogP) is 5.65. The summed E-state index contributed by atoms with van der Waals surface area (Å²) in [6, 6.07) is 34.5. The van der Waals surface area contributed by atoms with Gasteiger partial charge in [-0.05, 0) is 59.7 Å². The Morgan fingerprint density at radius 1 is 0.487 bits per heavy atom. The highest BCUT2D eigenvalue weighted by Gasteiger charge is 2.24. The van der Waals surface area contributed by atoms with Crippen molar-refractivity contribution < 1.29 is 29.2 Å². The van der Waals surface area contributed by atoms with E-state index in [1.807, 2.05) is 97.1 Å². The second-order valence-corrected chi connectivity index (χ2v) is 9.86. The molecule has 0 fully saturated rings. The van der Waals surface area contributed by atoms with Gasteiger partial charge in [-0.25, -0.2) is 0 Å². The lowest BCUT2D eigenvalue weighted by molar-refractivity contribution is 0.0625. The SMILES string of the molecule is CC(C)(c1cccc(OCC(O)COc2ccccc2)c1)c1cccc(OCC(O)COc2ccccc2)c1. The van der Waals surface area contributed by atoms with Gasteiger partial charge in [-0.2, -0.15) is 0 Å². The molecule has 6 nitrogen and oxygen atoms in total. The van der Waals surface area contributed by atoms with Gasteiger partial charge in [0.05, 0.1) is 0 Å². The maximum Gasteiger partial charge on any atom is 0.122 e. The van der Waals surface area contributed by atoms with Gasteiger partial charge >= 0.3 is 0 Å². The zero-order valence-electron chi connectivity index (χ0n) is 22.4. The van der Waals surface area contributed by atoms with Crippen LogP contribution in [0.25, 0.3) is 0 Å². The van der Waals surface area contributed by atoms with Gasteiger partial charge in [0, 0.05) is 5.41 Å². The van der Waals surface area contributed by atoms with Gasteiger partial charge in [-0.1, -0.05) is 74.5 Å². The summed E-state index contributed by atoms with van der Waals surface area (Å²) in [6.45, 7) is 4.81. The zero-order chi connectivity index (χ0) is 27.5. The van der Waals surface area contributed by atoms with Gasteiger partial charge < -0.3 is 29.2 Å². The lowest BCUT2D eigenvalue weighted by Gasteiger charge is -2.27. The molecule has 2 unspecified atom stereocenters. The Labute approximate surface area is 230 Å². The number of aliphatic hydroxyl groups excluding tert-OH is 2. The second kappa shape index (κ2) is 13.7. The van der Waals surface area contributed by atoms with Crippen LogP contribution in [-0.4, -0.2) is 48.8 Å². The van der Waals surface area contributed by atoms with Crippen LogP contribution in [0.3, 0.4) is 0 Å². The van der Waals surface area contributed by atoms with Gasteiger partial charge in [0.15, 0.2) is 0 Å². The average Bonchev–Trinajstić information content (AvgIpc) is 2.98. The van der Waals surface area contributed by atoms with E-state index in [4.69, 9.17) is 18.9 Å². The number of rotatable bonds is 14. The number of hydrogen-bond donors (Lipinski definition) is 2. The standard InChI is InChI=1S/C33H36O6/c1-33(2,25-11-9-17-31(19-25)38-23-27(34)21-36-29-13-5-3-6-14-29)26-12-10-18-32(20-26)39-24-28(35)22-37-30-15-7-4-8-16-30/h3-20,27-28,34-35H,21-24H2,1-2H3. The van der Waals surface area contributed by atoms with E-state index in [0.29, 0.717) is 23.0 Å². The molecule has 0 aliphatic carbocycles. The van der Waals surface area contributed by atoms with Crippen LogP contribution in [0.5, 0.6) is 23.0 Å². The topological polar surface area (TPSA) is 77.4 Å². The molecule has 0 aromatic heterocycles. The number of benzene rings is 4. The Morgan fingerprint density at radius 2 is 0.821 bits per heavy atom. The summed E-state index contributed by atoms with van der Waals surface area (Å²) in [5, 5.41) is 20.6. The van der Waals surface area contributed by atoms with Crippen molar-refractivity contribution in [3.8, 4) is 23.0 Å². The molecule has 2 atom stereocenters. The van der Waals surface area contributed by atoms with Crippen molar-refractivity contribution in [3.05, 3.63) is 120 Å². The van der Waals surface area contributed by atoms with Crippen LogP contribution < -0.4 is 18.9 Å². The minimum absolute atomic E-state index is 0.121. The summed E-state index contributed by atoms with van der Waals surface area (Å²) in [5.74, 6) is 2.77. The van der Waals surface area contributed by atoms with E-state index in [9.17, 15) is 10.2 Å². The molecular formula is C33H36O6. The second-order valence-electron chi connectivity index (χ2n) is 9.86. The van der Waals surface area contributed by atoms with E-state index < -0.39 is 12.2 Å². The molecule has 204 valence electrons. The Hall–Kier alpha value is -4.00. The fourth-order valence-corrected chi connectivity index (χ4v) is 4.02. The molecule has 0 heterocycles. The van der Waals surface area contributed by atoms with E-state index in [-0.39, 0.29) is 31.8 Å². The molecule has 0 amide bonds. The van der Waals surface area contributed by atoms with Gasteiger partial charge in [-0.15, -0.1) is 0 Å². The van der Waals surface area contributed by atoms with Crippen molar-refractivity contribution in [1.82, 2.24) is 0 Å². The number of aliphatic hydroxyl groups is 2. The van der Waals surface area contributed by atoms with Crippen LogP contribution in [-0.2, 0) is 5.41 Å². The maximum atomic E-state index is 10.3. The van der Waals surface area contributed by atoms with Gasteiger partial charge in [-0.3, -0.25) is 0 Å². The third kappa shape index (κ3) is 8.50. The molecule has 0 spiro atoms. The zero-order valence-corrected chi connectivity index (χ0v) is 22.4. The first-order valence-electron chi connectivity index (χ1n) is 13.1. The molecule has 0 saturated heterocycles. The highest BCUT2D eigenvalue weighted by molar-refractivity contribution is 5.43. The predicted molar refractivity (Wildman–Crippen MR) is 152 cm³/mol. The molecule has 0 aliphatic heterocycles. The molecule has 39 heavy (non-hydrogen) atoms. The monoisotopic (exact) mass is 528 g/mol. The van der Waals surface area contributed by atoms with E-state index in [2.05, 4.69) is 26.0 Å². The van der Waals surface area contributed by atoms with Gasteiger partial charge in [0.25, 0.3) is 0 Å². The van der Waals surface area contributed by atoms with Crippen LogP contribution in [0, 0.1) is 0 Å². The molecular weight excluding hydrogens is 492 g/mol. The Kier molecular flexibility index (Phi) is 9.84. The smallest absolute Gasteiger partial charge is 0.122 e. The summed E-state index contributed by atoms with van der Waals surface area (Å²) in [6.07, 6.45) is -1.52. The fraction of sp³-hybridized carbons (Fsp3) is 0.273. The summed E-state index contributed by atoms with van der Waals surface area (Å²) < 4.78 is 23.0. The highest BCUT2D eigenvalue weighted by atomic mass is 16.5. The van der Waals surface area contributed by atoms with Crippen LogP contribution in [0.1, 0.15) is 25.0 Å². The van der Waals surface area contributed by atoms with E-state index in [1.165, 1.54) is 0 Å². The minimum atomic E-state index is -0.760. The third-order valence-electron chi connectivity index (χ3n) is 6.37. The average molecular weight is 529 g/mol. The molecule has 0 saturated carbocycles.